The van der Waals surface area contributed by atoms with Crippen molar-refractivity contribution in [3.63, 3.8) is 0 Å². The summed E-state index contributed by atoms with van der Waals surface area (Å²) in [4.78, 5) is 27.2. The molecule has 0 unspecified atom stereocenters. The number of benzene rings is 1. The van der Waals surface area contributed by atoms with Crippen LogP contribution in [0.2, 0.25) is 0 Å². The number of halogens is 1. The number of nitrogen functional groups attached to an aromatic ring is 1. The number of hydrogen-bond donors (Lipinski definition) is 2. The second kappa shape index (κ2) is 6.20. The SMILES string of the molecule is Nc1ncc(Br)cc1NC(=O)C1(c2ccc([N+](=O)[O-])cc2)CCC1. The second-order valence-electron chi connectivity index (χ2n) is 5.78. The number of nitro benzene ring substituents is 1. The Labute approximate surface area is 146 Å². The van der Waals surface area contributed by atoms with Crippen LogP contribution in [-0.4, -0.2) is 15.8 Å². The highest BCUT2D eigenvalue weighted by Gasteiger charge is 2.45. The van der Waals surface area contributed by atoms with Crippen molar-refractivity contribution in [3.05, 3.63) is 56.7 Å². The summed E-state index contributed by atoms with van der Waals surface area (Å²) >= 11 is 3.30. The Morgan fingerprint density at radius 1 is 1.33 bits per heavy atom. The van der Waals surface area contributed by atoms with Crippen molar-refractivity contribution in [3.8, 4) is 0 Å². The number of hydrogen-bond acceptors (Lipinski definition) is 5. The van der Waals surface area contributed by atoms with Crippen molar-refractivity contribution in [2.24, 2.45) is 0 Å². The lowest BCUT2D eigenvalue weighted by Crippen LogP contribution is -2.46. The van der Waals surface area contributed by atoms with Crippen molar-refractivity contribution < 1.29 is 9.72 Å². The highest BCUT2D eigenvalue weighted by atomic mass is 79.9. The summed E-state index contributed by atoms with van der Waals surface area (Å²) < 4.78 is 0.713. The maximum absolute atomic E-state index is 12.9. The van der Waals surface area contributed by atoms with E-state index in [1.165, 1.54) is 12.1 Å². The summed E-state index contributed by atoms with van der Waals surface area (Å²) in [5.74, 6) is 0.0685. The Bertz CT molecular complexity index is 803. The lowest BCUT2D eigenvalue weighted by Gasteiger charge is -2.40. The zero-order valence-electron chi connectivity index (χ0n) is 12.7. The molecule has 0 spiro atoms. The number of carbonyl (C=O) groups is 1. The van der Waals surface area contributed by atoms with Gasteiger partial charge in [-0.3, -0.25) is 14.9 Å². The summed E-state index contributed by atoms with van der Waals surface area (Å²) in [6.45, 7) is 0. The Hall–Kier alpha value is -2.48. The second-order valence-corrected chi connectivity index (χ2v) is 6.70. The van der Waals surface area contributed by atoms with Gasteiger partial charge in [0.05, 0.1) is 16.0 Å². The topological polar surface area (TPSA) is 111 Å². The molecule has 0 atom stereocenters. The van der Waals surface area contributed by atoms with Crippen LogP contribution in [-0.2, 0) is 10.2 Å². The van der Waals surface area contributed by atoms with Gasteiger partial charge in [-0.25, -0.2) is 4.98 Å². The van der Waals surface area contributed by atoms with Gasteiger partial charge in [-0.2, -0.15) is 0 Å². The number of amides is 1. The lowest BCUT2D eigenvalue weighted by molar-refractivity contribution is -0.384. The molecule has 1 amide bonds. The van der Waals surface area contributed by atoms with Crippen LogP contribution in [0.1, 0.15) is 24.8 Å². The van der Waals surface area contributed by atoms with E-state index in [-0.39, 0.29) is 17.4 Å². The van der Waals surface area contributed by atoms with Gasteiger partial charge in [-0.1, -0.05) is 18.6 Å². The Balaban J connectivity index is 1.88. The van der Waals surface area contributed by atoms with Crippen molar-refractivity contribution in [2.75, 3.05) is 11.1 Å². The van der Waals surface area contributed by atoms with Gasteiger partial charge in [0.15, 0.2) is 0 Å². The molecule has 3 rings (SSSR count). The standard InChI is InChI=1S/C16H15BrN4O3/c17-11-8-13(14(18)19-9-11)20-15(22)16(6-1-7-16)10-2-4-12(5-3-10)21(23)24/h2-5,8-9H,1,6-7H2,(H2,18,19)(H,20,22). The lowest BCUT2D eigenvalue weighted by atomic mass is 9.63. The number of rotatable bonds is 4. The third kappa shape index (κ3) is 2.84. The first-order valence-electron chi connectivity index (χ1n) is 7.40. The Morgan fingerprint density at radius 2 is 2.00 bits per heavy atom. The minimum Gasteiger partial charge on any atom is -0.382 e. The maximum atomic E-state index is 12.9. The number of nitro groups is 1. The highest BCUT2D eigenvalue weighted by Crippen LogP contribution is 2.45. The molecule has 124 valence electrons. The molecule has 1 heterocycles. The number of non-ortho nitro benzene ring substituents is 1. The summed E-state index contributed by atoms with van der Waals surface area (Å²) in [5.41, 5.74) is 6.37. The Morgan fingerprint density at radius 3 is 2.54 bits per heavy atom. The Kier molecular flexibility index (Phi) is 4.23. The predicted octanol–water partition coefficient (Wildman–Crippen LogP) is 3.39. The van der Waals surface area contributed by atoms with Crippen molar-refractivity contribution in [1.29, 1.82) is 0 Å². The van der Waals surface area contributed by atoms with Gasteiger partial charge in [-0.15, -0.1) is 0 Å². The van der Waals surface area contributed by atoms with Gasteiger partial charge in [-0.05, 0) is 40.4 Å². The molecule has 0 bridgehead atoms. The molecular weight excluding hydrogens is 376 g/mol. The molecule has 1 aliphatic rings. The quantitative estimate of drug-likeness (QED) is 0.613. The molecule has 3 N–H and O–H groups in total. The number of pyridine rings is 1. The molecule has 2 aromatic rings. The molecule has 1 aromatic heterocycles. The summed E-state index contributed by atoms with van der Waals surface area (Å²) in [5, 5.41) is 13.6. The van der Waals surface area contributed by atoms with Gasteiger partial charge in [0.1, 0.15) is 5.82 Å². The number of aromatic nitrogens is 1. The molecule has 24 heavy (non-hydrogen) atoms. The molecule has 0 aliphatic heterocycles. The first-order valence-corrected chi connectivity index (χ1v) is 8.19. The predicted molar refractivity (Wildman–Crippen MR) is 93.6 cm³/mol. The van der Waals surface area contributed by atoms with E-state index in [0.717, 1.165) is 12.0 Å². The zero-order chi connectivity index (χ0) is 17.3. The molecule has 1 aromatic carbocycles. The van der Waals surface area contributed by atoms with Crippen LogP contribution in [0.4, 0.5) is 17.2 Å². The van der Waals surface area contributed by atoms with E-state index < -0.39 is 10.3 Å². The van der Waals surface area contributed by atoms with Gasteiger partial charge in [0.25, 0.3) is 5.69 Å². The number of anilines is 2. The molecule has 8 heteroatoms. The summed E-state index contributed by atoms with van der Waals surface area (Å²) in [6, 6.07) is 7.86. The largest absolute Gasteiger partial charge is 0.382 e. The summed E-state index contributed by atoms with van der Waals surface area (Å²) in [6.07, 6.45) is 3.87. The fraction of sp³-hybridized carbons (Fsp3) is 0.250. The fourth-order valence-electron chi connectivity index (χ4n) is 2.87. The highest BCUT2D eigenvalue weighted by molar-refractivity contribution is 9.10. The number of nitrogens with two attached hydrogens (primary N) is 1. The third-order valence-electron chi connectivity index (χ3n) is 4.41. The number of carbonyl (C=O) groups excluding carboxylic acids is 1. The van der Waals surface area contributed by atoms with E-state index >= 15 is 0 Å². The van der Waals surface area contributed by atoms with Crippen LogP contribution in [0, 0.1) is 10.1 Å². The van der Waals surface area contributed by atoms with E-state index in [2.05, 4.69) is 26.2 Å². The number of nitrogens with zero attached hydrogens (tertiary/aromatic N) is 2. The van der Waals surface area contributed by atoms with Crippen molar-refractivity contribution in [1.82, 2.24) is 4.98 Å². The van der Waals surface area contributed by atoms with Gasteiger partial charge in [0.2, 0.25) is 5.91 Å². The van der Waals surface area contributed by atoms with E-state index in [1.807, 2.05) is 0 Å². The van der Waals surface area contributed by atoms with Gasteiger partial charge >= 0.3 is 0 Å². The minimum atomic E-state index is -0.677. The average molecular weight is 391 g/mol. The number of nitrogens with one attached hydrogen (secondary N) is 1. The van der Waals surface area contributed by atoms with E-state index in [0.29, 0.717) is 23.0 Å². The van der Waals surface area contributed by atoms with Crippen LogP contribution in [0.5, 0.6) is 0 Å². The van der Waals surface area contributed by atoms with Crippen molar-refractivity contribution in [2.45, 2.75) is 24.7 Å². The van der Waals surface area contributed by atoms with E-state index in [4.69, 9.17) is 5.73 Å². The smallest absolute Gasteiger partial charge is 0.269 e. The molecule has 1 saturated carbocycles. The van der Waals surface area contributed by atoms with Crippen LogP contribution >= 0.6 is 15.9 Å². The van der Waals surface area contributed by atoms with Crippen LogP contribution < -0.4 is 11.1 Å². The normalized spacial score (nSPS) is 15.4. The maximum Gasteiger partial charge on any atom is 0.269 e. The van der Waals surface area contributed by atoms with E-state index in [9.17, 15) is 14.9 Å². The van der Waals surface area contributed by atoms with Crippen LogP contribution in [0.3, 0.4) is 0 Å². The zero-order valence-corrected chi connectivity index (χ0v) is 14.2. The molecular formula is C16H15BrN4O3. The van der Waals surface area contributed by atoms with Gasteiger partial charge < -0.3 is 11.1 Å². The molecule has 1 aliphatic carbocycles. The van der Waals surface area contributed by atoms with E-state index in [1.54, 1.807) is 24.4 Å². The molecule has 0 radical (unpaired) electrons. The van der Waals surface area contributed by atoms with Gasteiger partial charge in [0, 0.05) is 22.8 Å². The van der Waals surface area contributed by atoms with Crippen molar-refractivity contribution >= 4 is 39.0 Å². The average Bonchev–Trinajstić information content (AvgIpc) is 2.50. The molecule has 7 nitrogen and oxygen atoms in total. The molecule has 0 saturated heterocycles. The molecule has 1 fully saturated rings. The monoisotopic (exact) mass is 390 g/mol. The third-order valence-corrected chi connectivity index (χ3v) is 4.84. The van der Waals surface area contributed by atoms with Crippen LogP contribution in [0.15, 0.2) is 41.0 Å². The minimum absolute atomic E-state index is 0.00839. The first-order chi connectivity index (χ1) is 11.4. The fourth-order valence-corrected chi connectivity index (χ4v) is 3.20. The first kappa shape index (κ1) is 16.4. The van der Waals surface area contributed by atoms with Crippen LogP contribution in [0.25, 0.3) is 0 Å². The summed E-state index contributed by atoms with van der Waals surface area (Å²) in [7, 11) is 0.